The van der Waals surface area contributed by atoms with Gasteiger partial charge in [-0.3, -0.25) is 14.6 Å². The van der Waals surface area contributed by atoms with E-state index in [9.17, 15) is 14.4 Å². The Kier molecular flexibility index (Phi) is 10.9. The monoisotopic (exact) mass is 510 g/mol. The highest BCUT2D eigenvalue weighted by Crippen LogP contribution is 2.24. The molecule has 1 heterocycles. The quantitative estimate of drug-likeness (QED) is 0.376. The van der Waals surface area contributed by atoms with Crippen LogP contribution in [0.1, 0.15) is 24.0 Å². The van der Waals surface area contributed by atoms with E-state index in [-0.39, 0.29) is 11.9 Å². The lowest BCUT2D eigenvalue weighted by Gasteiger charge is -2.37. The van der Waals surface area contributed by atoms with E-state index in [1.54, 1.807) is 0 Å². The van der Waals surface area contributed by atoms with Crippen molar-refractivity contribution in [3.05, 3.63) is 114 Å². The minimum absolute atomic E-state index is 0.133. The van der Waals surface area contributed by atoms with Gasteiger partial charge in [-0.2, -0.15) is 0 Å². The Hall–Kier alpha value is -4.67. The van der Waals surface area contributed by atoms with Gasteiger partial charge in [0.05, 0.1) is 0 Å². The van der Waals surface area contributed by atoms with Crippen LogP contribution in [0.3, 0.4) is 0 Å². The molecular weight excluding hydrogens is 480 g/mol. The molecule has 7 nitrogen and oxygen atoms in total. The van der Waals surface area contributed by atoms with Crippen LogP contribution in [0.25, 0.3) is 0 Å². The van der Waals surface area contributed by atoms with Crippen LogP contribution in [0.5, 0.6) is 0 Å². The molecule has 0 aromatic heterocycles. The number of para-hydroxylation sites is 1. The van der Waals surface area contributed by atoms with Crippen molar-refractivity contribution < 1.29 is 24.6 Å². The number of aliphatic carboxylic acids is 2. The lowest BCUT2D eigenvalue weighted by atomic mass is 10.0. The first-order valence-corrected chi connectivity index (χ1v) is 12.3. The molecule has 3 aromatic carbocycles. The zero-order valence-electron chi connectivity index (χ0n) is 20.9. The highest BCUT2D eigenvalue weighted by atomic mass is 16.4. The second kappa shape index (κ2) is 14.8. The second-order valence-corrected chi connectivity index (χ2v) is 8.63. The largest absolute Gasteiger partial charge is 0.478 e. The highest BCUT2D eigenvalue weighted by Gasteiger charge is 2.28. The van der Waals surface area contributed by atoms with Crippen molar-refractivity contribution in [2.75, 3.05) is 18.0 Å². The fourth-order valence-electron chi connectivity index (χ4n) is 4.11. The number of hydrogen-bond donors (Lipinski definition) is 2. The topological polar surface area (TPSA) is 98.2 Å². The molecule has 194 valence electrons. The van der Waals surface area contributed by atoms with E-state index in [0.717, 1.165) is 43.7 Å². The predicted octanol–water partition coefficient (Wildman–Crippen LogP) is 4.45. The van der Waals surface area contributed by atoms with Gasteiger partial charge in [-0.25, -0.2) is 9.59 Å². The van der Waals surface area contributed by atoms with Gasteiger partial charge >= 0.3 is 17.8 Å². The summed E-state index contributed by atoms with van der Waals surface area (Å²) in [5, 5.41) is 15.6. The Bertz CT molecular complexity index is 1260. The molecule has 1 aliphatic heterocycles. The fourth-order valence-corrected chi connectivity index (χ4v) is 4.11. The maximum Gasteiger partial charge on any atom is 0.328 e. The number of nitrogens with zero attached hydrogens (tertiary/aromatic N) is 2. The maximum absolute atomic E-state index is 13.1. The summed E-state index contributed by atoms with van der Waals surface area (Å²) in [5.74, 6) is 3.25. The molecule has 1 fully saturated rings. The van der Waals surface area contributed by atoms with Crippen LogP contribution in [0, 0.1) is 11.8 Å². The number of carboxylic acids is 2. The molecule has 2 N–H and O–H groups in total. The van der Waals surface area contributed by atoms with Crippen LogP contribution in [-0.4, -0.2) is 52.1 Å². The molecule has 1 saturated heterocycles. The Morgan fingerprint density at radius 3 is 1.82 bits per heavy atom. The number of likely N-dealkylation sites (tertiary alicyclic amines) is 1. The van der Waals surface area contributed by atoms with Crippen molar-refractivity contribution in [3.63, 3.8) is 0 Å². The molecule has 7 heteroatoms. The fraction of sp³-hybridized carbons (Fsp3) is 0.194. The normalized spacial score (nSPS) is 13.5. The smallest absolute Gasteiger partial charge is 0.328 e. The van der Waals surface area contributed by atoms with Gasteiger partial charge in [-0.1, -0.05) is 72.7 Å². The van der Waals surface area contributed by atoms with Gasteiger partial charge in [0.1, 0.15) is 0 Å². The minimum atomic E-state index is -1.26. The van der Waals surface area contributed by atoms with Gasteiger partial charge in [-0.15, -0.1) is 0 Å². The van der Waals surface area contributed by atoms with E-state index in [4.69, 9.17) is 10.2 Å². The molecule has 1 aliphatic rings. The second-order valence-electron chi connectivity index (χ2n) is 8.63. The molecule has 0 unspecified atom stereocenters. The first-order valence-electron chi connectivity index (χ1n) is 12.3. The van der Waals surface area contributed by atoms with E-state index in [2.05, 4.69) is 47.1 Å². The summed E-state index contributed by atoms with van der Waals surface area (Å²) in [6.07, 6.45) is 3.01. The van der Waals surface area contributed by atoms with Gasteiger partial charge in [0.15, 0.2) is 0 Å². The van der Waals surface area contributed by atoms with Crippen LogP contribution in [0.15, 0.2) is 103 Å². The Balaban J connectivity index is 0.000000436. The van der Waals surface area contributed by atoms with Crippen molar-refractivity contribution in [1.82, 2.24) is 4.90 Å². The summed E-state index contributed by atoms with van der Waals surface area (Å²) in [5.41, 5.74) is 3.11. The first kappa shape index (κ1) is 27.9. The summed E-state index contributed by atoms with van der Waals surface area (Å²) in [7, 11) is 0. The number of carbonyl (C=O) groups is 3. The SMILES string of the molecule is O=C(C#Cc1ccccc1)N(c1ccccc1)C1CCN(Cc2ccccc2)CC1.O=C(O)/C=C/C(=O)O. The molecule has 0 radical (unpaired) electrons. The summed E-state index contributed by atoms with van der Waals surface area (Å²) >= 11 is 0. The Morgan fingerprint density at radius 1 is 0.789 bits per heavy atom. The summed E-state index contributed by atoms with van der Waals surface area (Å²) in [6, 6.07) is 30.3. The molecule has 0 atom stereocenters. The van der Waals surface area contributed by atoms with Crippen LogP contribution in [0.4, 0.5) is 5.69 Å². The molecule has 1 amide bonds. The standard InChI is InChI=1S/C27H26N2O.C4H4O4/c30-27(17-16-23-10-4-1-5-11-23)29(25-14-8-3-9-15-25)26-18-20-28(21-19-26)22-24-12-6-2-7-13-24;5-3(6)1-2-4(7)8/h1-15,26H,18-22H2;1-2H,(H,5,6)(H,7,8)/b;2-1+. The van der Waals surface area contributed by atoms with E-state index >= 15 is 0 Å². The van der Waals surface area contributed by atoms with Crippen LogP contribution >= 0.6 is 0 Å². The third-order valence-electron chi connectivity index (χ3n) is 5.88. The number of carbonyl (C=O) groups excluding carboxylic acids is 1. The number of amides is 1. The molecule has 0 bridgehead atoms. The van der Waals surface area contributed by atoms with Crippen molar-refractivity contribution in [1.29, 1.82) is 0 Å². The lowest BCUT2D eigenvalue weighted by molar-refractivity contribution is -0.134. The molecule has 0 spiro atoms. The maximum atomic E-state index is 13.1. The lowest BCUT2D eigenvalue weighted by Crippen LogP contribution is -2.47. The third-order valence-corrected chi connectivity index (χ3v) is 5.88. The van der Waals surface area contributed by atoms with E-state index < -0.39 is 11.9 Å². The third kappa shape index (κ3) is 9.41. The van der Waals surface area contributed by atoms with Gasteiger partial charge in [0.2, 0.25) is 0 Å². The van der Waals surface area contributed by atoms with E-state index in [1.807, 2.05) is 65.6 Å². The van der Waals surface area contributed by atoms with Gasteiger partial charge in [0.25, 0.3) is 0 Å². The molecule has 0 aliphatic carbocycles. The minimum Gasteiger partial charge on any atom is -0.478 e. The van der Waals surface area contributed by atoms with E-state index in [0.29, 0.717) is 12.2 Å². The number of benzene rings is 3. The van der Waals surface area contributed by atoms with Gasteiger partial charge in [0, 0.05) is 55.0 Å². The number of piperidine rings is 1. The number of rotatable bonds is 6. The van der Waals surface area contributed by atoms with E-state index in [1.165, 1.54) is 5.56 Å². The molecule has 0 saturated carbocycles. The predicted molar refractivity (Wildman–Crippen MR) is 146 cm³/mol. The van der Waals surface area contributed by atoms with Crippen LogP contribution in [0.2, 0.25) is 0 Å². The summed E-state index contributed by atoms with van der Waals surface area (Å²) < 4.78 is 0. The molecular formula is C31H30N2O5. The van der Waals surface area contributed by atoms with Gasteiger partial charge < -0.3 is 10.2 Å². The average molecular weight is 511 g/mol. The Labute approximate surface area is 222 Å². The first-order chi connectivity index (χ1) is 18.4. The van der Waals surface area contributed by atoms with Crippen molar-refractivity contribution in [2.24, 2.45) is 0 Å². The van der Waals surface area contributed by atoms with Crippen molar-refractivity contribution in [2.45, 2.75) is 25.4 Å². The molecule has 38 heavy (non-hydrogen) atoms. The number of carboxylic acid groups (broad SMARTS) is 2. The van der Waals surface area contributed by atoms with Crippen LogP contribution in [-0.2, 0) is 20.9 Å². The number of hydrogen-bond acceptors (Lipinski definition) is 4. The van der Waals surface area contributed by atoms with Crippen LogP contribution < -0.4 is 4.90 Å². The zero-order valence-corrected chi connectivity index (χ0v) is 20.9. The van der Waals surface area contributed by atoms with Crippen molar-refractivity contribution >= 4 is 23.5 Å². The summed E-state index contributed by atoms with van der Waals surface area (Å²) in [4.78, 5) is 36.6. The molecule has 4 rings (SSSR count). The number of anilines is 1. The Morgan fingerprint density at radius 2 is 1.29 bits per heavy atom. The van der Waals surface area contributed by atoms with Gasteiger partial charge in [-0.05, 0) is 42.7 Å². The molecule has 3 aromatic rings. The van der Waals surface area contributed by atoms with Crippen molar-refractivity contribution in [3.8, 4) is 11.8 Å². The summed E-state index contributed by atoms with van der Waals surface area (Å²) in [6.45, 7) is 2.91. The highest BCUT2D eigenvalue weighted by molar-refractivity contribution is 6.06. The average Bonchev–Trinajstić information content (AvgIpc) is 2.94. The zero-order chi connectivity index (χ0) is 27.2.